The predicted molar refractivity (Wildman–Crippen MR) is 117 cm³/mol. The van der Waals surface area contributed by atoms with Crippen LogP contribution < -0.4 is 15.5 Å². The molecule has 1 atom stereocenters. The fourth-order valence-corrected chi connectivity index (χ4v) is 4.32. The van der Waals surface area contributed by atoms with E-state index in [4.69, 9.17) is 11.6 Å². The number of para-hydroxylation sites is 1. The Hall–Kier alpha value is -2.86. The van der Waals surface area contributed by atoms with Crippen molar-refractivity contribution in [3.8, 4) is 0 Å². The highest BCUT2D eigenvalue weighted by molar-refractivity contribution is 6.31. The van der Waals surface area contributed by atoms with Crippen molar-refractivity contribution in [1.82, 2.24) is 5.32 Å². The summed E-state index contributed by atoms with van der Waals surface area (Å²) in [6.45, 7) is 0.279. The third-order valence-corrected chi connectivity index (χ3v) is 5.97. The van der Waals surface area contributed by atoms with Crippen molar-refractivity contribution >= 4 is 40.7 Å². The van der Waals surface area contributed by atoms with Gasteiger partial charge in [0.25, 0.3) is 5.91 Å². The van der Waals surface area contributed by atoms with Crippen molar-refractivity contribution in [2.24, 2.45) is 5.92 Å². The van der Waals surface area contributed by atoms with Gasteiger partial charge < -0.3 is 15.5 Å². The molecule has 2 aromatic carbocycles. The van der Waals surface area contributed by atoms with Crippen LogP contribution in [0.25, 0.3) is 0 Å². The first-order valence-corrected chi connectivity index (χ1v) is 10.7. The first kappa shape index (κ1) is 20.4. The number of hydrogen-bond acceptors (Lipinski definition) is 3. The highest BCUT2D eigenvalue weighted by atomic mass is 35.5. The third kappa shape index (κ3) is 4.49. The average molecular weight is 426 g/mol. The zero-order valence-electron chi connectivity index (χ0n) is 16.6. The van der Waals surface area contributed by atoms with E-state index in [0.717, 1.165) is 25.7 Å². The number of rotatable bonds is 5. The van der Waals surface area contributed by atoms with E-state index >= 15 is 0 Å². The van der Waals surface area contributed by atoms with Gasteiger partial charge >= 0.3 is 0 Å². The summed E-state index contributed by atoms with van der Waals surface area (Å²) in [6, 6.07) is 14.2. The summed E-state index contributed by atoms with van der Waals surface area (Å²) in [7, 11) is 0. The standard InChI is InChI=1S/C23H24ClN3O3/c24-16-6-5-9-18(13-16)27-14-15(12-21(27)28)22(29)26-20-11-4-3-10-19(20)23(30)25-17-7-1-2-8-17/h3-6,9-11,13,15,17H,1-2,7-8,12,14H2,(H,25,30)(H,26,29)/t15-/m0/s1. The number of hydrogen-bond donors (Lipinski definition) is 2. The molecule has 1 heterocycles. The summed E-state index contributed by atoms with van der Waals surface area (Å²) in [5, 5.41) is 6.45. The topological polar surface area (TPSA) is 78.5 Å². The summed E-state index contributed by atoms with van der Waals surface area (Å²) in [5.41, 5.74) is 1.58. The van der Waals surface area contributed by atoms with Crippen LogP contribution in [0.3, 0.4) is 0 Å². The molecular formula is C23H24ClN3O3. The van der Waals surface area contributed by atoms with Crippen LogP contribution in [-0.2, 0) is 9.59 Å². The zero-order valence-corrected chi connectivity index (χ0v) is 17.3. The molecule has 2 aliphatic rings. The Morgan fingerprint density at radius 3 is 2.57 bits per heavy atom. The maximum Gasteiger partial charge on any atom is 0.253 e. The lowest BCUT2D eigenvalue weighted by atomic mass is 10.1. The van der Waals surface area contributed by atoms with E-state index in [-0.39, 0.29) is 36.7 Å². The van der Waals surface area contributed by atoms with Crippen LogP contribution in [0.4, 0.5) is 11.4 Å². The second kappa shape index (κ2) is 8.88. The minimum Gasteiger partial charge on any atom is -0.349 e. The van der Waals surface area contributed by atoms with Gasteiger partial charge in [0.1, 0.15) is 0 Å². The molecule has 2 N–H and O–H groups in total. The molecule has 4 rings (SSSR count). The van der Waals surface area contributed by atoms with Crippen molar-refractivity contribution in [1.29, 1.82) is 0 Å². The lowest BCUT2D eigenvalue weighted by Crippen LogP contribution is -2.34. The van der Waals surface area contributed by atoms with Crippen LogP contribution in [0, 0.1) is 5.92 Å². The minimum atomic E-state index is -0.498. The van der Waals surface area contributed by atoms with Gasteiger partial charge in [0.2, 0.25) is 11.8 Å². The lowest BCUT2D eigenvalue weighted by molar-refractivity contribution is -0.122. The molecule has 2 fully saturated rings. The highest BCUT2D eigenvalue weighted by Gasteiger charge is 2.35. The number of nitrogens with zero attached hydrogens (tertiary/aromatic N) is 1. The number of anilines is 2. The Kier molecular flexibility index (Phi) is 6.04. The highest BCUT2D eigenvalue weighted by Crippen LogP contribution is 2.28. The summed E-state index contributed by atoms with van der Waals surface area (Å²) in [6.07, 6.45) is 4.35. The molecule has 156 valence electrons. The number of halogens is 1. The van der Waals surface area contributed by atoms with E-state index in [1.807, 2.05) is 0 Å². The molecule has 30 heavy (non-hydrogen) atoms. The third-order valence-electron chi connectivity index (χ3n) is 5.74. The molecular weight excluding hydrogens is 402 g/mol. The van der Waals surface area contributed by atoms with E-state index in [2.05, 4.69) is 10.6 Å². The van der Waals surface area contributed by atoms with E-state index < -0.39 is 5.92 Å². The SMILES string of the molecule is O=C(NC1CCCC1)c1ccccc1NC(=O)[C@H]1CC(=O)N(c2cccc(Cl)c2)C1. The molecule has 1 saturated heterocycles. The largest absolute Gasteiger partial charge is 0.349 e. The van der Waals surface area contributed by atoms with E-state index in [9.17, 15) is 14.4 Å². The van der Waals surface area contributed by atoms with Gasteiger partial charge in [-0.1, -0.05) is 42.6 Å². The van der Waals surface area contributed by atoms with Gasteiger partial charge in [-0.05, 0) is 43.2 Å². The molecule has 0 unspecified atom stereocenters. The van der Waals surface area contributed by atoms with Crippen molar-refractivity contribution < 1.29 is 14.4 Å². The summed E-state index contributed by atoms with van der Waals surface area (Å²) in [5.74, 6) is -1.07. The smallest absolute Gasteiger partial charge is 0.253 e. The summed E-state index contributed by atoms with van der Waals surface area (Å²) in [4.78, 5) is 39.6. The minimum absolute atomic E-state index is 0.120. The van der Waals surface area contributed by atoms with Crippen LogP contribution in [0.2, 0.25) is 5.02 Å². The van der Waals surface area contributed by atoms with Crippen LogP contribution in [-0.4, -0.2) is 30.3 Å². The lowest BCUT2D eigenvalue weighted by Gasteiger charge is -2.18. The van der Waals surface area contributed by atoms with Crippen LogP contribution in [0.1, 0.15) is 42.5 Å². The monoisotopic (exact) mass is 425 g/mol. The number of benzene rings is 2. The van der Waals surface area contributed by atoms with Gasteiger partial charge in [-0.2, -0.15) is 0 Å². The van der Waals surface area contributed by atoms with E-state index in [1.165, 1.54) is 0 Å². The summed E-state index contributed by atoms with van der Waals surface area (Å²) < 4.78 is 0. The first-order valence-electron chi connectivity index (χ1n) is 10.3. The average Bonchev–Trinajstić information content (AvgIpc) is 3.38. The number of amides is 3. The molecule has 6 nitrogen and oxygen atoms in total. The van der Waals surface area contributed by atoms with Gasteiger partial charge in [-0.15, -0.1) is 0 Å². The molecule has 2 aromatic rings. The van der Waals surface area contributed by atoms with Crippen LogP contribution >= 0.6 is 11.6 Å². The molecule has 0 spiro atoms. The Labute approximate surface area is 180 Å². The van der Waals surface area contributed by atoms with Crippen molar-refractivity contribution in [3.05, 3.63) is 59.1 Å². The molecule has 0 radical (unpaired) electrons. The number of nitrogens with one attached hydrogen (secondary N) is 2. The van der Waals surface area contributed by atoms with Crippen LogP contribution in [0.15, 0.2) is 48.5 Å². The Balaban J connectivity index is 1.44. The zero-order chi connectivity index (χ0) is 21.1. The molecule has 0 aromatic heterocycles. The van der Waals surface area contributed by atoms with Crippen molar-refractivity contribution in [2.75, 3.05) is 16.8 Å². The van der Waals surface area contributed by atoms with Crippen molar-refractivity contribution in [3.63, 3.8) is 0 Å². The van der Waals surface area contributed by atoms with E-state index in [0.29, 0.717) is 22.0 Å². The normalized spacial score (nSPS) is 19.2. The molecule has 1 aliphatic heterocycles. The number of carbonyl (C=O) groups excluding carboxylic acids is 3. The number of carbonyl (C=O) groups is 3. The first-order chi connectivity index (χ1) is 14.5. The fraction of sp³-hybridized carbons (Fsp3) is 0.348. The maximum atomic E-state index is 12.9. The molecule has 3 amide bonds. The maximum absolute atomic E-state index is 12.9. The Morgan fingerprint density at radius 2 is 1.80 bits per heavy atom. The predicted octanol–water partition coefficient (Wildman–Crippen LogP) is 4.00. The van der Waals surface area contributed by atoms with Gasteiger partial charge in [0.05, 0.1) is 17.2 Å². The van der Waals surface area contributed by atoms with Crippen LogP contribution in [0.5, 0.6) is 0 Å². The second-order valence-corrected chi connectivity index (χ2v) is 8.31. The van der Waals surface area contributed by atoms with Crippen molar-refractivity contribution in [2.45, 2.75) is 38.1 Å². The van der Waals surface area contributed by atoms with Gasteiger partial charge in [-0.25, -0.2) is 0 Å². The Morgan fingerprint density at radius 1 is 1.03 bits per heavy atom. The fourth-order valence-electron chi connectivity index (χ4n) is 4.13. The second-order valence-electron chi connectivity index (χ2n) is 7.87. The molecule has 1 saturated carbocycles. The van der Waals surface area contributed by atoms with Gasteiger partial charge in [0, 0.05) is 29.7 Å². The molecule has 7 heteroatoms. The molecule has 1 aliphatic carbocycles. The Bertz CT molecular complexity index is 972. The summed E-state index contributed by atoms with van der Waals surface area (Å²) >= 11 is 6.03. The van der Waals surface area contributed by atoms with Gasteiger partial charge in [0.15, 0.2) is 0 Å². The van der Waals surface area contributed by atoms with E-state index in [1.54, 1.807) is 53.4 Å². The quantitative estimate of drug-likeness (QED) is 0.759. The molecule has 0 bridgehead atoms. The van der Waals surface area contributed by atoms with Gasteiger partial charge in [-0.3, -0.25) is 14.4 Å².